The summed E-state index contributed by atoms with van der Waals surface area (Å²) < 4.78 is 60.3. The Bertz CT molecular complexity index is 1230. The van der Waals surface area contributed by atoms with Gasteiger partial charge in [-0.2, -0.15) is 4.31 Å². The summed E-state index contributed by atoms with van der Waals surface area (Å²) in [5, 5.41) is 11.9. The van der Waals surface area contributed by atoms with Crippen LogP contribution in [0.1, 0.15) is 10.4 Å². The molecule has 0 saturated carbocycles. The standard InChI is InChI=1S/C20H21F2IN4O6S/c1-34(31,32)27-5-4-26(20(29)30)9-13(27)10-33-17-7-11(21)6-16(18(17)19(24)28)25-15-3-2-12(23)8-14(15)22/h2-3,6-8,13,25H,4-5,9-10H2,1H3,(H2,24,28)(H,29,30). The van der Waals surface area contributed by atoms with E-state index in [1.54, 1.807) is 6.07 Å². The van der Waals surface area contributed by atoms with Crippen LogP contribution in [0.5, 0.6) is 5.75 Å². The molecule has 3 rings (SSSR count). The van der Waals surface area contributed by atoms with Crippen molar-refractivity contribution >= 4 is 56.0 Å². The zero-order valence-electron chi connectivity index (χ0n) is 17.8. The van der Waals surface area contributed by atoms with E-state index in [2.05, 4.69) is 5.32 Å². The molecule has 1 aliphatic rings. The predicted molar refractivity (Wildman–Crippen MR) is 128 cm³/mol. The molecule has 1 fully saturated rings. The Morgan fingerprint density at radius 1 is 1.24 bits per heavy atom. The van der Waals surface area contributed by atoms with Crippen molar-refractivity contribution in [2.24, 2.45) is 5.73 Å². The van der Waals surface area contributed by atoms with Gasteiger partial charge in [0.15, 0.2) is 0 Å². The highest BCUT2D eigenvalue weighted by atomic mass is 127. The van der Waals surface area contributed by atoms with Crippen molar-refractivity contribution in [1.29, 1.82) is 0 Å². The number of hydrogen-bond donors (Lipinski definition) is 3. The average molecular weight is 610 g/mol. The van der Waals surface area contributed by atoms with Gasteiger partial charge in [-0.3, -0.25) is 4.79 Å². The number of benzene rings is 2. The van der Waals surface area contributed by atoms with Gasteiger partial charge < -0.3 is 25.8 Å². The molecule has 34 heavy (non-hydrogen) atoms. The molecule has 14 heteroatoms. The number of halogens is 3. The van der Waals surface area contributed by atoms with Gasteiger partial charge >= 0.3 is 6.09 Å². The van der Waals surface area contributed by atoms with Crippen molar-refractivity contribution in [3.05, 3.63) is 51.1 Å². The van der Waals surface area contributed by atoms with Gasteiger partial charge in [0.05, 0.1) is 23.7 Å². The first-order chi connectivity index (χ1) is 15.9. The summed E-state index contributed by atoms with van der Waals surface area (Å²) in [5.41, 5.74) is 5.01. The third-order valence-corrected chi connectivity index (χ3v) is 7.07. The fourth-order valence-electron chi connectivity index (χ4n) is 3.56. The number of nitrogens with two attached hydrogens (primary N) is 1. The normalized spacial score (nSPS) is 16.8. The van der Waals surface area contributed by atoms with Crippen molar-refractivity contribution in [3.63, 3.8) is 0 Å². The molecule has 2 aromatic rings. The SMILES string of the molecule is CS(=O)(=O)N1CCN(C(=O)O)CC1COc1cc(F)cc(Nc2ccc(I)cc2F)c1C(N)=O. The van der Waals surface area contributed by atoms with Crippen molar-refractivity contribution < 1.29 is 36.6 Å². The summed E-state index contributed by atoms with van der Waals surface area (Å²) in [6, 6.07) is 5.14. The van der Waals surface area contributed by atoms with Gasteiger partial charge in [-0.1, -0.05) is 0 Å². The molecule has 4 N–H and O–H groups in total. The molecule has 0 aliphatic carbocycles. The Labute approximate surface area is 207 Å². The molecule has 1 heterocycles. The topological polar surface area (TPSA) is 142 Å². The van der Waals surface area contributed by atoms with E-state index in [1.807, 2.05) is 22.6 Å². The fourth-order valence-corrected chi connectivity index (χ4v) is 5.09. The zero-order chi connectivity index (χ0) is 25.2. The van der Waals surface area contributed by atoms with Gasteiger partial charge in [0, 0.05) is 29.3 Å². The van der Waals surface area contributed by atoms with Crippen molar-refractivity contribution in [2.45, 2.75) is 6.04 Å². The first-order valence-electron chi connectivity index (χ1n) is 9.79. The Kier molecular flexibility index (Phi) is 7.82. The second-order valence-electron chi connectivity index (χ2n) is 7.51. The predicted octanol–water partition coefficient (Wildman–Crippen LogP) is 2.41. The number of carboxylic acid groups (broad SMARTS) is 1. The Hall–Kier alpha value is -2.72. The van der Waals surface area contributed by atoms with E-state index in [9.17, 15) is 31.9 Å². The average Bonchev–Trinajstić information content (AvgIpc) is 2.72. The van der Waals surface area contributed by atoms with E-state index in [1.165, 1.54) is 12.1 Å². The number of primary amides is 1. The van der Waals surface area contributed by atoms with Crippen molar-refractivity contribution in [2.75, 3.05) is 37.8 Å². The minimum absolute atomic E-state index is 0.0267. The molecule has 0 aromatic heterocycles. The summed E-state index contributed by atoms with van der Waals surface area (Å²) in [5.74, 6) is -2.78. The third kappa shape index (κ3) is 6.04. The smallest absolute Gasteiger partial charge is 0.407 e. The number of piperazine rings is 1. The maximum atomic E-state index is 14.4. The molecular weight excluding hydrogens is 589 g/mol. The Balaban J connectivity index is 1.92. The van der Waals surface area contributed by atoms with Crippen LogP contribution in [-0.4, -0.2) is 73.3 Å². The molecule has 1 aliphatic heterocycles. The molecular formula is C20H21F2IN4O6S. The molecule has 0 spiro atoms. The molecule has 0 radical (unpaired) electrons. The number of rotatable bonds is 7. The van der Waals surface area contributed by atoms with Gasteiger partial charge in [0.1, 0.15) is 29.6 Å². The number of anilines is 2. The zero-order valence-corrected chi connectivity index (χ0v) is 20.8. The Morgan fingerprint density at radius 2 is 1.94 bits per heavy atom. The van der Waals surface area contributed by atoms with Crippen LogP contribution in [0.2, 0.25) is 0 Å². The number of sulfonamides is 1. The molecule has 1 saturated heterocycles. The lowest BCUT2D eigenvalue weighted by atomic mass is 10.1. The molecule has 1 unspecified atom stereocenters. The lowest BCUT2D eigenvalue weighted by molar-refractivity contribution is 0.0862. The third-order valence-electron chi connectivity index (χ3n) is 5.07. The minimum Gasteiger partial charge on any atom is -0.491 e. The molecule has 0 bridgehead atoms. The number of ether oxygens (including phenoxy) is 1. The number of carbonyl (C=O) groups is 2. The summed E-state index contributed by atoms with van der Waals surface area (Å²) in [6.07, 6.45) is -0.252. The highest BCUT2D eigenvalue weighted by molar-refractivity contribution is 14.1. The van der Waals surface area contributed by atoms with Crippen LogP contribution in [0.25, 0.3) is 0 Å². The first-order valence-corrected chi connectivity index (χ1v) is 12.7. The van der Waals surface area contributed by atoms with Crippen LogP contribution in [-0.2, 0) is 10.0 Å². The summed E-state index contributed by atoms with van der Waals surface area (Å²) >= 11 is 1.92. The van der Waals surface area contributed by atoms with E-state index in [0.29, 0.717) is 3.57 Å². The second-order valence-corrected chi connectivity index (χ2v) is 10.7. The number of amides is 2. The summed E-state index contributed by atoms with van der Waals surface area (Å²) in [4.78, 5) is 24.6. The maximum absolute atomic E-state index is 14.4. The van der Waals surface area contributed by atoms with Gasteiger partial charge in [-0.15, -0.1) is 0 Å². The Morgan fingerprint density at radius 3 is 2.53 bits per heavy atom. The lowest BCUT2D eigenvalue weighted by Gasteiger charge is -2.38. The van der Waals surface area contributed by atoms with E-state index in [0.717, 1.165) is 27.6 Å². The fraction of sp³-hybridized carbons (Fsp3) is 0.300. The summed E-state index contributed by atoms with van der Waals surface area (Å²) in [6.45, 7) is -0.703. The molecule has 10 nitrogen and oxygen atoms in total. The number of hydrogen-bond acceptors (Lipinski definition) is 6. The van der Waals surface area contributed by atoms with Crippen LogP contribution in [0, 0.1) is 15.2 Å². The molecule has 1 atom stereocenters. The van der Waals surface area contributed by atoms with Gasteiger partial charge in [0.25, 0.3) is 5.91 Å². The van der Waals surface area contributed by atoms with E-state index in [4.69, 9.17) is 10.5 Å². The quantitative estimate of drug-likeness (QED) is 0.409. The lowest BCUT2D eigenvalue weighted by Crippen LogP contribution is -2.57. The number of nitrogens with zero attached hydrogens (tertiary/aromatic N) is 2. The highest BCUT2D eigenvalue weighted by Gasteiger charge is 2.35. The van der Waals surface area contributed by atoms with Gasteiger partial charge in [-0.05, 0) is 46.9 Å². The highest BCUT2D eigenvalue weighted by Crippen LogP contribution is 2.32. The largest absolute Gasteiger partial charge is 0.491 e. The van der Waals surface area contributed by atoms with Crippen LogP contribution in [0.4, 0.5) is 25.0 Å². The number of carbonyl (C=O) groups excluding carboxylic acids is 1. The minimum atomic E-state index is -3.71. The van der Waals surface area contributed by atoms with Crippen molar-refractivity contribution in [3.8, 4) is 5.75 Å². The van der Waals surface area contributed by atoms with E-state index < -0.39 is 46.3 Å². The first kappa shape index (κ1) is 25.9. The van der Waals surface area contributed by atoms with Crippen molar-refractivity contribution in [1.82, 2.24) is 9.21 Å². The van der Waals surface area contributed by atoms with Crippen LogP contribution in [0.3, 0.4) is 0 Å². The van der Waals surface area contributed by atoms with Gasteiger partial charge in [-0.25, -0.2) is 22.0 Å². The number of nitrogens with one attached hydrogen (secondary N) is 1. The van der Waals surface area contributed by atoms with E-state index >= 15 is 0 Å². The van der Waals surface area contributed by atoms with Gasteiger partial charge in [0.2, 0.25) is 10.0 Å². The monoisotopic (exact) mass is 610 g/mol. The van der Waals surface area contributed by atoms with Crippen LogP contribution < -0.4 is 15.8 Å². The summed E-state index contributed by atoms with van der Waals surface area (Å²) in [7, 11) is -3.71. The van der Waals surface area contributed by atoms with E-state index in [-0.39, 0.29) is 42.3 Å². The second kappa shape index (κ2) is 10.3. The molecule has 2 aromatic carbocycles. The van der Waals surface area contributed by atoms with Crippen LogP contribution in [0.15, 0.2) is 30.3 Å². The molecule has 184 valence electrons. The molecule has 2 amide bonds. The maximum Gasteiger partial charge on any atom is 0.407 e. The van der Waals surface area contributed by atoms with Crippen LogP contribution >= 0.6 is 22.6 Å².